The number of aromatic nitrogens is 3. The van der Waals surface area contributed by atoms with Crippen LogP contribution < -0.4 is 5.73 Å². The van der Waals surface area contributed by atoms with Gasteiger partial charge in [-0.3, -0.25) is 0 Å². The van der Waals surface area contributed by atoms with E-state index in [1.807, 2.05) is 12.1 Å². The first-order valence-corrected chi connectivity index (χ1v) is 8.29. The molecule has 21 heavy (non-hydrogen) atoms. The molecule has 110 valence electrons. The van der Waals surface area contributed by atoms with Gasteiger partial charge in [0, 0.05) is 6.42 Å². The normalized spacial score (nSPS) is 37.4. The van der Waals surface area contributed by atoms with Crippen LogP contribution in [0.2, 0.25) is 0 Å². The maximum atomic E-state index is 5.76. The molecule has 0 saturated heterocycles. The quantitative estimate of drug-likeness (QED) is 0.888. The number of nitrogens with two attached hydrogens (primary N) is 1. The van der Waals surface area contributed by atoms with Crippen LogP contribution in [0.25, 0.3) is 11.2 Å². The van der Waals surface area contributed by atoms with E-state index in [1.54, 1.807) is 0 Å². The standard InChI is InChI=1S/C17H22N4/c18-14-2-1-13-16(20-14)21-15(19-13)9-17-6-10-3-11(7-17)5-12(4-10)8-17/h1-2,10-12H,3-9H2,(H3,18,19,20,21). The molecule has 0 aliphatic heterocycles. The average Bonchev–Trinajstić information content (AvgIpc) is 2.77. The van der Waals surface area contributed by atoms with Gasteiger partial charge in [0.05, 0.1) is 5.52 Å². The Morgan fingerprint density at radius 1 is 1.05 bits per heavy atom. The molecule has 4 nitrogen and oxygen atoms in total. The first kappa shape index (κ1) is 12.0. The van der Waals surface area contributed by atoms with E-state index in [4.69, 9.17) is 10.7 Å². The maximum Gasteiger partial charge on any atom is 0.179 e. The van der Waals surface area contributed by atoms with Crippen LogP contribution in [-0.4, -0.2) is 15.0 Å². The van der Waals surface area contributed by atoms with Crippen molar-refractivity contribution in [3.8, 4) is 0 Å². The second-order valence-electron chi connectivity index (χ2n) is 7.89. The minimum Gasteiger partial charge on any atom is -0.384 e. The Bertz CT molecular complexity index is 667. The van der Waals surface area contributed by atoms with Gasteiger partial charge in [0.2, 0.25) is 0 Å². The highest BCUT2D eigenvalue weighted by Gasteiger charge is 2.50. The minimum atomic E-state index is 0.522. The summed E-state index contributed by atoms with van der Waals surface area (Å²) >= 11 is 0. The van der Waals surface area contributed by atoms with Crippen molar-refractivity contribution in [1.29, 1.82) is 0 Å². The molecule has 4 saturated carbocycles. The van der Waals surface area contributed by atoms with Gasteiger partial charge in [-0.05, 0) is 73.8 Å². The smallest absolute Gasteiger partial charge is 0.179 e. The summed E-state index contributed by atoms with van der Waals surface area (Å²) in [5.74, 6) is 4.65. The zero-order chi connectivity index (χ0) is 14.0. The molecular formula is C17H22N4. The highest BCUT2D eigenvalue weighted by atomic mass is 15.0. The summed E-state index contributed by atoms with van der Waals surface area (Å²) in [6, 6.07) is 3.84. The lowest BCUT2D eigenvalue weighted by Crippen LogP contribution is -2.47. The largest absolute Gasteiger partial charge is 0.384 e. The van der Waals surface area contributed by atoms with Crippen LogP contribution in [0.5, 0.6) is 0 Å². The third-order valence-corrected chi connectivity index (χ3v) is 6.12. The number of nitrogens with zero attached hydrogens (tertiary/aromatic N) is 2. The Morgan fingerprint density at radius 2 is 1.71 bits per heavy atom. The van der Waals surface area contributed by atoms with E-state index in [1.165, 1.54) is 38.5 Å². The number of pyridine rings is 1. The summed E-state index contributed by atoms with van der Waals surface area (Å²) in [6.45, 7) is 0. The number of fused-ring (bicyclic) bond motifs is 1. The van der Waals surface area contributed by atoms with E-state index in [-0.39, 0.29) is 0 Å². The van der Waals surface area contributed by atoms with Gasteiger partial charge < -0.3 is 10.7 Å². The molecule has 3 N–H and O–H groups in total. The minimum absolute atomic E-state index is 0.522. The van der Waals surface area contributed by atoms with E-state index in [2.05, 4.69) is 9.97 Å². The summed E-state index contributed by atoms with van der Waals surface area (Å²) in [4.78, 5) is 12.5. The fourth-order valence-corrected chi connectivity index (χ4v) is 5.90. The van der Waals surface area contributed by atoms with Crippen LogP contribution in [0.1, 0.15) is 44.3 Å². The Balaban J connectivity index is 1.48. The molecule has 0 radical (unpaired) electrons. The molecule has 4 bridgehead atoms. The number of hydrogen-bond donors (Lipinski definition) is 2. The van der Waals surface area contributed by atoms with E-state index in [0.29, 0.717) is 11.2 Å². The molecule has 4 aliphatic rings. The number of aromatic amines is 1. The van der Waals surface area contributed by atoms with Gasteiger partial charge in [-0.25, -0.2) is 9.97 Å². The van der Waals surface area contributed by atoms with Gasteiger partial charge in [-0.15, -0.1) is 0 Å². The van der Waals surface area contributed by atoms with Gasteiger partial charge in [0.1, 0.15) is 11.6 Å². The zero-order valence-electron chi connectivity index (χ0n) is 12.3. The van der Waals surface area contributed by atoms with Crippen LogP contribution in [-0.2, 0) is 6.42 Å². The molecule has 4 heteroatoms. The Hall–Kier alpha value is -1.58. The number of nitrogens with one attached hydrogen (secondary N) is 1. The third kappa shape index (κ3) is 1.88. The first-order chi connectivity index (χ1) is 10.2. The lowest BCUT2D eigenvalue weighted by atomic mass is 9.49. The fraction of sp³-hybridized carbons (Fsp3) is 0.647. The molecule has 0 unspecified atom stereocenters. The first-order valence-electron chi connectivity index (χ1n) is 8.29. The molecule has 2 aromatic heterocycles. The van der Waals surface area contributed by atoms with E-state index in [0.717, 1.165) is 41.2 Å². The molecule has 2 heterocycles. The van der Waals surface area contributed by atoms with Crippen molar-refractivity contribution in [3.05, 3.63) is 18.0 Å². The second-order valence-corrected chi connectivity index (χ2v) is 7.89. The maximum absolute atomic E-state index is 5.76. The molecule has 0 amide bonds. The molecule has 6 rings (SSSR count). The van der Waals surface area contributed by atoms with Crippen molar-refractivity contribution < 1.29 is 0 Å². The summed E-state index contributed by atoms with van der Waals surface area (Å²) in [7, 11) is 0. The van der Waals surface area contributed by atoms with E-state index in [9.17, 15) is 0 Å². The lowest BCUT2D eigenvalue weighted by molar-refractivity contribution is -0.0530. The Morgan fingerprint density at radius 3 is 2.38 bits per heavy atom. The summed E-state index contributed by atoms with van der Waals surface area (Å²) in [5, 5.41) is 0. The van der Waals surface area contributed by atoms with Crippen LogP contribution >= 0.6 is 0 Å². The number of H-pyrrole nitrogens is 1. The van der Waals surface area contributed by atoms with Gasteiger partial charge in [0.15, 0.2) is 5.65 Å². The van der Waals surface area contributed by atoms with Crippen molar-refractivity contribution >= 4 is 17.0 Å². The topological polar surface area (TPSA) is 67.6 Å². The number of rotatable bonds is 2. The van der Waals surface area contributed by atoms with E-state index < -0.39 is 0 Å². The zero-order valence-corrected chi connectivity index (χ0v) is 12.3. The highest BCUT2D eigenvalue weighted by Crippen LogP contribution is 2.60. The number of hydrogen-bond acceptors (Lipinski definition) is 3. The van der Waals surface area contributed by atoms with Gasteiger partial charge in [0.25, 0.3) is 0 Å². The number of nitrogen functional groups attached to an aromatic ring is 1. The second kappa shape index (κ2) is 3.99. The van der Waals surface area contributed by atoms with Crippen LogP contribution in [0.3, 0.4) is 0 Å². The van der Waals surface area contributed by atoms with Gasteiger partial charge in [-0.2, -0.15) is 0 Å². The number of anilines is 1. The molecule has 4 aliphatic carbocycles. The molecule has 4 fully saturated rings. The third-order valence-electron chi connectivity index (χ3n) is 6.12. The lowest BCUT2D eigenvalue weighted by Gasteiger charge is -2.56. The average molecular weight is 282 g/mol. The predicted octanol–water partition coefficient (Wildman–Crippen LogP) is 3.30. The van der Waals surface area contributed by atoms with Crippen LogP contribution in [0.4, 0.5) is 5.82 Å². The Kier molecular flexibility index (Phi) is 2.28. The summed E-state index contributed by atoms with van der Waals surface area (Å²) in [5.41, 5.74) is 8.07. The van der Waals surface area contributed by atoms with Crippen molar-refractivity contribution in [2.75, 3.05) is 5.73 Å². The summed E-state index contributed by atoms with van der Waals surface area (Å²) < 4.78 is 0. The molecule has 0 aromatic carbocycles. The molecular weight excluding hydrogens is 260 g/mol. The SMILES string of the molecule is Nc1ccc2[nH]c(CC34CC5CC(CC(C5)C3)C4)nc2n1. The highest BCUT2D eigenvalue weighted by molar-refractivity contribution is 5.72. The van der Waals surface area contributed by atoms with Crippen molar-refractivity contribution in [3.63, 3.8) is 0 Å². The van der Waals surface area contributed by atoms with Gasteiger partial charge in [-0.1, -0.05) is 0 Å². The van der Waals surface area contributed by atoms with Crippen LogP contribution in [0.15, 0.2) is 12.1 Å². The Labute approximate surface area is 124 Å². The fourth-order valence-electron chi connectivity index (χ4n) is 5.90. The van der Waals surface area contributed by atoms with Crippen LogP contribution in [0, 0.1) is 23.2 Å². The molecule has 0 atom stereocenters. The number of imidazole rings is 1. The van der Waals surface area contributed by atoms with Gasteiger partial charge >= 0.3 is 0 Å². The molecule has 2 aromatic rings. The molecule has 0 spiro atoms. The summed E-state index contributed by atoms with van der Waals surface area (Å²) in [6.07, 6.45) is 9.86. The van der Waals surface area contributed by atoms with Crippen molar-refractivity contribution in [2.45, 2.75) is 44.9 Å². The van der Waals surface area contributed by atoms with E-state index >= 15 is 0 Å². The predicted molar refractivity (Wildman–Crippen MR) is 82.6 cm³/mol. The van der Waals surface area contributed by atoms with Crippen molar-refractivity contribution in [1.82, 2.24) is 15.0 Å². The van der Waals surface area contributed by atoms with Crippen molar-refractivity contribution in [2.24, 2.45) is 23.2 Å². The monoisotopic (exact) mass is 282 g/mol.